The number of nitro groups is 1. The minimum atomic E-state index is -0.473. The van der Waals surface area contributed by atoms with Crippen LogP contribution in [0.2, 0.25) is 0 Å². The van der Waals surface area contributed by atoms with E-state index in [1.165, 1.54) is 34.7 Å². The highest BCUT2D eigenvalue weighted by Gasteiger charge is 2.29. The summed E-state index contributed by atoms with van der Waals surface area (Å²) < 4.78 is 0. The van der Waals surface area contributed by atoms with Crippen LogP contribution in [0.3, 0.4) is 0 Å². The molecular formula is C18H21N3O3S. The number of non-ortho nitro benzene ring substituents is 1. The molecule has 25 heavy (non-hydrogen) atoms. The van der Waals surface area contributed by atoms with Gasteiger partial charge < -0.3 is 5.32 Å². The van der Waals surface area contributed by atoms with E-state index in [0.29, 0.717) is 24.2 Å². The molecule has 1 aromatic heterocycles. The Bertz CT molecular complexity index is 772. The van der Waals surface area contributed by atoms with Crippen LogP contribution in [0.4, 0.5) is 5.69 Å². The van der Waals surface area contributed by atoms with Crippen molar-refractivity contribution in [1.82, 2.24) is 10.2 Å². The molecule has 0 fully saturated rings. The summed E-state index contributed by atoms with van der Waals surface area (Å²) in [6.07, 6.45) is 1.05. The molecule has 0 saturated heterocycles. The van der Waals surface area contributed by atoms with Crippen molar-refractivity contribution >= 4 is 22.9 Å². The predicted octanol–water partition coefficient (Wildman–Crippen LogP) is 3.39. The van der Waals surface area contributed by atoms with Gasteiger partial charge in [-0.1, -0.05) is 0 Å². The third-order valence-corrected chi connectivity index (χ3v) is 5.73. The van der Waals surface area contributed by atoms with Crippen LogP contribution in [-0.2, 0) is 6.42 Å². The molecule has 3 rings (SSSR count). The molecular weight excluding hydrogens is 338 g/mol. The molecule has 0 radical (unpaired) electrons. The van der Waals surface area contributed by atoms with Gasteiger partial charge in [0.2, 0.25) is 0 Å². The summed E-state index contributed by atoms with van der Waals surface area (Å²) in [6, 6.07) is 8.65. The summed E-state index contributed by atoms with van der Waals surface area (Å²) in [7, 11) is 0. The monoisotopic (exact) mass is 359 g/mol. The van der Waals surface area contributed by atoms with E-state index in [9.17, 15) is 14.9 Å². The Hall–Kier alpha value is -2.25. The highest BCUT2D eigenvalue weighted by atomic mass is 32.1. The Labute approximate surface area is 150 Å². The lowest BCUT2D eigenvalue weighted by Gasteiger charge is -2.39. The van der Waals surface area contributed by atoms with E-state index < -0.39 is 4.92 Å². The highest BCUT2D eigenvalue weighted by Crippen LogP contribution is 2.35. The fourth-order valence-electron chi connectivity index (χ4n) is 3.38. The van der Waals surface area contributed by atoms with Crippen molar-refractivity contribution in [3.8, 4) is 0 Å². The van der Waals surface area contributed by atoms with Crippen molar-refractivity contribution in [2.75, 3.05) is 13.1 Å². The first kappa shape index (κ1) is 17.6. The maximum Gasteiger partial charge on any atom is 0.269 e. The molecule has 0 bridgehead atoms. The number of hydrogen-bond acceptors (Lipinski definition) is 5. The topological polar surface area (TPSA) is 75.5 Å². The predicted molar refractivity (Wildman–Crippen MR) is 98.0 cm³/mol. The molecule has 2 atom stereocenters. The van der Waals surface area contributed by atoms with Gasteiger partial charge in [0, 0.05) is 47.7 Å². The van der Waals surface area contributed by atoms with Gasteiger partial charge in [-0.15, -0.1) is 11.3 Å². The summed E-state index contributed by atoms with van der Waals surface area (Å²) in [5.74, 6) is -0.205. The molecule has 132 valence electrons. The highest BCUT2D eigenvalue weighted by molar-refractivity contribution is 7.10. The third kappa shape index (κ3) is 3.72. The Kier molecular flexibility index (Phi) is 5.15. The number of fused-ring (bicyclic) bond motifs is 1. The summed E-state index contributed by atoms with van der Waals surface area (Å²) in [5.41, 5.74) is 1.81. The van der Waals surface area contributed by atoms with Crippen LogP contribution in [-0.4, -0.2) is 34.9 Å². The van der Waals surface area contributed by atoms with Gasteiger partial charge in [0.25, 0.3) is 11.6 Å². The van der Waals surface area contributed by atoms with Crippen LogP contribution in [0.1, 0.15) is 40.7 Å². The zero-order valence-corrected chi connectivity index (χ0v) is 15.1. The SMILES string of the molecule is C[C@@H]1Cc2sccc2[C@H](C)N1CCNC(=O)c1ccc([N+](=O)[O-])cc1. The maximum atomic E-state index is 12.2. The lowest BCUT2D eigenvalue weighted by molar-refractivity contribution is -0.384. The van der Waals surface area contributed by atoms with Gasteiger partial charge >= 0.3 is 0 Å². The van der Waals surface area contributed by atoms with Crippen molar-refractivity contribution in [2.45, 2.75) is 32.4 Å². The van der Waals surface area contributed by atoms with E-state index in [1.807, 2.05) is 11.3 Å². The molecule has 1 amide bonds. The smallest absolute Gasteiger partial charge is 0.269 e. The van der Waals surface area contributed by atoms with Crippen LogP contribution >= 0.6 is 11.3 Å². The Morgan fingerprint density at radius 2 is 2.04 bits per heavy atom. The standard InChI is InChI=1S/C18H21N3O3S/c1-12-11-17-16(7-10-25-17)13(2)20(12)9-8-19-18(22)14-3-5-15(6-4-14)21(23)24/h3-7,10,12-13H,8-9,11H2,1-2H3,(H,19,22)/t12-,13+/m1/s1. The quantitative estimate of drug-likeness (QED) is 0.656. The van der Waals surface area contributed by atoms with Gasteiger partial charge in [-0.2, -0.15) is 0 Å². The van der Waals surface area contributed by atoms with E-state index in [4.69, 9.17) is 0 Å². The van der Waals surface area contributed by atoms with Gasteiger partial charge in [0.1, 0.15) is 0 Å². The molecule has 1 aliphatic heterocycles. The second-order valence-electron chi connectivity index (χ2n) is 6.33. The van der Waals surface area contributed by atoms with Crippen LogP contribution in [0.25, 0.3) is 0 Å². The molecule has 1 aliphatic rings. The lowest BCUT2D eigenvalue weighted by Crippen LogP contribution is -2.44. The van der Waals surface area contributed by atoms with Gasteiger partial charge in [-0.05, 0) is 49.4 Å². The van der Waals surface area contributed by atoms with Gasteiger partial charge in [-0.25, -0.2) is 0 Å². The number of rotatable bonds is 5. The van der Waals surface area contributed by atoms with Crippen molar-refractivity contribution in [1.29, 1.82) is 0 Å². The normalized spacial score (nSPS) is 20.1. The Morgan fingerprint density at radius 3 is 2.72 bits per heavy atom. The number of hydrogen-bond donors (Lipinski definition) is 1. The number of carbonyl (C=O) groups excluding carboxylic acids is 1. The fourth-order valence-corrected chi connectivity index (χ4v) is 4.47. The van der Waals surface area contributed by atoms with E-state index >= 15 is 0 Å². The second-order valence-corrected chi connectivity index (χ2v) is 7.33. The maximum absolute atomic E-state index is 12.2. The Balaban J connectivity index is 1.55. The number of nitrogens with one attached hydrogen (secondary N) is 1. The molecule has 0 spiro atoms. The van der Waals surface area contributed by atoms with Gasteiger partial charge in [0.05, 0.1) is 4.92 Å². The first-order valence-corrected chi connectivity index (χ1v) is 9.20. The minimum absolute atomic E-state index is 0.0147. The average molecular weight is 359 g/mol. The summed E-state index contributed by atoms with van der Waals surface area (Å²) in [5, 5.41) is 15.7. The molecule has 0 saturated carbocycles. The van der Waals surface area contributed by atoms with Crippen LogP contribution in [0.5, 0.6) is 0 Å². The second kappa shape index (κ2) is 7.33. The summed E-state index contributed by atoms with van der Waals surface area (Å²) >= 11 is 1.82. The number of amides is 1. The minimum Gasteiger partial charge on any atom is -0.351 e. The molecule has 1 aromatic carbocycles. The zero-order chi connectivity index (χ0) is 18.0. The first-order chi connectivity index (χ1) is 12.0. The number of nitrogens with zero attached hydrogens (tertiary/aromatic N) is 2. The Morgan fingerprint density at radius 1 is 1.32 bits per heavy atom. The molecule has 1 N–H and O–H groups in total. The largest absolute Gasteiger partial charge is 0.351 e. The molecule has 0 aliphatic carbocycles. The van der Waals surface area contributed by atoms with Crippen molar-refractivity contribution < 1.29 is 9.72 Å². The number of thiophene rings is 1. The van der Waals surface area contributed by atoms with E-state index in [0.717, 1.165) is 13.0 Å². The molecule has 2 heterocycles. The van der Waals surface area contributed by atoms with Crippen LogP contribution in [0, 0.1) is 10.1 Å². The molecule has 7 heteroatoms. The van der Waals surface area contributed by atoms with E-state index in [2.05, 4.69) is 35.5 Å². The lowest BCUT2D eigenvalue weighted by atomic mass is 9.96. The number of carbonyl (C=O) groups is 1. The van der Waals surface area contributed by atoms with Crippen molar-refractivity contribution in [3.63, 3.8) is 0 Å². The van der Waals surface area contributed by atoms with E-state index in [1.54, 1.807) is 0 Å². The van der Waals surface area contributed by atoms with Crippen molar-refractivity contribution in [3.05, 3.63) is 61.8 Å². The number of nitro benzene ring substituents is 1. The fraction of sp³-hybridized carbons (Fsp3) is 0.389. The van der Waals surface area contributed by atoms with Gasteiger partial charge in [-0.3, -0.25) is 19.8 Å². The van der Waals surface area contributed by atoms with Crippen LogP contribution < -0.4 is 5.32 Å². The number of benzene rings is 1. The van der Waals surface area contributed by atoms with Crippen LogP contribution in [0.15, 0.2) is 35.7 Å². The first-order valence-electron chi connectivity index (χ1n) is 8.32. The third-order valence-electron chi connectivity index (χ3n) is 4.77. The zero-order valence-electron chi connectivity index (χ0n) is 14.3. The summed E-state index contributed by atoms with van der Waals surface area (Å²) in [4.78, 5) is 26.2. The molecule has 2 aromatic rings. The summed E-state index contributed by atoms with van der Waals surface area (Å²) in [6.45, 7) is 5.75. The molecule has 0 unspecified atom stereocenters. The van der Waals surface area contributed by atoms with Gasteiger partial charge in [0.15, 0.2) is 0 Å². The van der Waals surface area contributed by atoms with Crippen molar-refractivity contribution in [2.24, 2.45) is 0 Å². The van der Waals surface area contributed by atoms with E-state index in [-0.39, 0.29) is 11.6 Å². The average Bonchev–Trinajstić information content (AvgIpc) is 3.06. The molecule has 6 nitrogen and oxygen atoms in total.